The predicted octanol–water partition coefficient (Wildman–Crippen LogP) is 5.99. The van der Waals surface area contributed by atoms with Gasteiger partial charge in [0.2, 0.25) is 0 Å². The van der Waals surface area contributed by atoms with Crippen LogP contribution in [0.15, 0.2) is 78.9 Å². The number of carbonyl (C=O) groups excluding carboxylic acids is 4. The Labute approximate surface area is 300 Å². The summed E-state index contributed by atoms with van der Waals surface area (Å²) in [7, 11) is 0. The number of rotatable bonds is 5. The Bertz CT molecular complexity index is 1910. The Kier molecular flexibility index (Phi) is 9.73. The van der Waals surface area contributed by atoms with E-state index in [1.54, 1.807) is 42.5 Å². The number of aryl methyl sites for hydroxylation is 1. The van der Waals surface area contributed by atoms with Crippen LogP contribution in [-0.2, 0) is 35.9 Å². The largest absolute Gasteiger partial charge is 0.459 e. The lowest BCUT2D eigenvalue weighted by molar-refractivity contribution is -0.143. The van der Waals surface area contributed by atoms with E-state index >= 15 is 0 Å². The fourth-order valence-electron chi connectivity index (χ4n) is 7.89. The van der Waals surface area contributed by atoms with Crippen LogP contribution in [0.3, 0.4) is 0 Å². The van der Waals surface area contributed by atoms with E-state index in [1.165, 1.54) is 26.0 Å². The molecule has 7 rings (SSSR count). The second kappa shape index (κ2) is 14.4. The summed E-state index contributed by atoms with van der Waals surface area (Å²) < 4.78 is 29.0. The van der Waals surface area contributed by atoms with Gasteiger partial charge in [-0.1, -0.05) is 24.3 Å². The average Bonchev–Trinajstić information content (AvgIpc) is 3.61. The van der Waals surface area contributed by atoms with Crippen molar-refractivity contribution >= 4 is 23.9 Å². The smallest absolute Gasteiger partial charge is 0.340 e. The summed E-state index contributed by atoms with van der Waals surface area (Å²) in [6.07, 6.45) is 9.50. The van der Waals surface area contributed by atoms with Crippen LogP contribution in [0, 0.1) is 11.8 Å². The predicted molar refractivity (Wildman–Crippen MR) is 186 cm³/mol. The molecule has 270 valence electrons. The zero-order chi connectivity index (χ0) is 36.6. The highest BCUT2D eigenvalue weighted by atomic mass is 16.6. The van der Waals surface area contributed by atoms with Gasteiger partial charge in [-0.05, 0) is 98.8 Å². The first kappa shape index (κ1) is 35.2. The van der Waals surface area contributed by atoms with Crippen LogP contribution in [0.4, 0.5) is 0 Å². The number of aliphatic hydroxyl groups is 2. The van der Waals surface area contributed by atoms with E-state index in [4.69, 9.17) is 23.7 Å². The van der Waals surface area contributed by atoms with Crippen molar-refractivity contribution in [2.45, 2.75) is 82.7 Å². The summed E-state index contributed by atoms with van der Waals surface area (Å²) in [6.45, 7) is 2.58. The molecular formula is C41H40O11. The summed E-state index contributed by atoms with van der Waals surface area (Å²) in [4.78, 5) is 50.0. The number of esters is 4. The maximum absolute atomic E-state index is 13.7. The van der Waals surface area contributed by atoms with Crippen LogP contribution >= 0.6 is 0 Å². The van der Waals surface area contributed by atoms with Crippen LogP contribution in [-0.4, -0.2) is 52.4 Å². The number of fused-ring (bicyclic) bond motifs is 7. The van der Waals surface area contributed by atoms with E-state index in [-0.39, 0.29) is 29.4 Å². The van der Waals surface area contributed by atoms with Crippen molar-refractivity contribution in [3.63, 3.8) is 0 Å². The summed E-state index contributed by atoms with van der Waals surface area (Å²) >= 11 is 0. The molecule has 2 N–H and O–H groups in total. The molecular weight excluding hydrogens is 668 g/mol. The van der Waals surface area contributed by atoms with E-state index in [0.717, 1.165) is 18.4 Å². The molecule has 5 atom stereocenters. The molecule has 1 fully saturated rings. The number of aliphatic hydroxyl groups excluding tert-OH is 2. The van der Waals surface area contributed by atoms with Gasteiger partial charge < -0.3 is 33.9 Å². The topological polar surface area (TPSA) is 155 Å². The molecule has 0 radical (unpaired) electrons. The van der Waals surface area contributed by atoms with Gasteiger partial charge in [0, 0.05) is 48.7 Å². The van der Waals surface area contributed by atoms with E-state index in [1.807, 2.05) is 12.1 Å². The zero-order valence-corrected chi connectivity index (χ0v) is 28.9. The van der Waals surface area contributed by atoms with Gasteiger partial charge in [-0.3, -0.25) is 9.59 Å². The summed E-state index contributed by atoms with van der Waals surface area (Å²) in [5.41, 5.74) is 1.47. The van der Waals surface area contributed by atoms with Gasteiger partial charge in [0.25, 0.3) is 0 Å². The molecule has 3 aromatic rings. The molecule has 3 heterocycles. The molecule has 1 aliphatic carbocycles. The second-order valence-electron chi connectivity index (χ2n) is 13.8. The minimum absolute atomic E-state index is 0.0485. The molecule has 1 saturated carbocycles. The van der Waals surface area contributed by atoms with Gasteiger partial charge >= 0.3 is 23.9 Å². The SMILES string of the molecule is CC(=O)Oc1ccc2c(c1)Oc1cc(OC(C)=O)ccc1C21OC(=O)c2cc(CC[C@H]3CCC/C=C/[C@@H]4C[C@H](O)C[C@H]4[C@H](O)/C=C/C(=O)O3)ccc21. The number of hydrogen-bond acceptors (Lipinski definition) is 11. The monoisotopic (exact) mass is 708 g/mol. The number of carbonyl (C=O) groups is 4. The van der Waals surface area contributed by atoms with Gasteiger partial charge in [0.15, 0.2) is 5.60 Å². The van der Waals surface area contributed by atoms with Gasteiger partial charge in [-0.2, -0.15) is 0 Å². The molecule has 3 aromatic carbocycles. The average molecular weight is 709 g/mol. The van der Waals surface area contributed by atoms with Crippen molar-refractivity contribution in [1.29, 1.82) is 0 Å². The number of hydrogen-bond donors (Lipinski definition) is 2. The van der Waals surface area contributed by atoms with Crippen LogP contribution in [0.5, 0.6) is 23.0 Å². The Hall–Kier alpha value is -5.26. The van der Waals surface area contributed by atoms with Crippen molar-refractivity contribution in [1.82, 2.24) is 0 Å². The van der Waals surface area contributed by atoms with Crippen LogP contribution in [0.1, 0.15) is 85.0 Å². The lowest BCUT2D eigenvalue weighted by atomic mass is 9.77. The molecule has 0 amide bonds. The normalized spacial score (nSPS) is 25.7. The minimum atomic E-state index is -1.40. The molecule has 0 saturated heterocycles. The Morgan fingerprint density at radius 3 is 2.21 bits per heavy atom. The zero-order valence-electron chi connectivity index (χ0n) is 28.9. The standard InChI is InChI=1S/C41H40O11/c1-23(42)48-29-11-14-34-37(21-29)51-38-22-30(49-24(2)43)12-15-35(38)41(34)33-13-9-25(18-32(33)40(47)52-41)8-10-28-7-5-3-4-6-26-19-27(44)20-31(26)36(45)16-17-39(46)50-28/h4,6,9,11-18,21-22,26-28,31,36,44-45H,3,5,7-8,10,19-20H2,1-2H3/b6-4+,17-16+/t26-,27+,28-,31-,36-/m1/s1. The highest BCUT2D eigenvalue weighted by Gasteiger charge is 2.53. The Morgan fingerprint density at radius 2 is 1.54 bits per heavy atom. The molecule has 3 aliphatic heterocycles. The number of benzene rings is 3. The molecule has 11 heteroatoms. The second-order valence-corrected chi connectivity index (χ2v) is 13.8. The van der Waals surface area contributed by atoms with Crippen LogP contribution in [0.25, 0.3) is 0 Å². The van der Waals surface area contributed by atoms with Crippen molar-refractivity contribution in [3.05, 3.63) is 107 Å². The highest BCUT2D eigenvalue weighted by molar-refractivity contribution is 5.97. The van der Waals surface area contributed by atoms with E-state index < -0.39 is 41.7 Å². The van der Waals surface area contributed by atoms with Crippen molar-refractivity contribution in [3.8, 4) is 23.0 Å². The molecule has 52 heavy (non-hydrogen) atoms. The van der Waals surface area contributed by atoms with E-state index in [0.29, 0.717) is 65.9 Å². The molecule has 0 aromatic heterocycles. The maximum Gasteiger partial charge on any atom is 0.340 e. The third kappa shape index (κ3) is 6.98. The highest BCUT2D eigenvalue weighted by Crippen LogP contribution is 2.57. The summed E-state index contributed by atoms with van der Waals surface area (Å²) in [5.74, 6) is -1.11. The minimum Gasteiger partial charge on any atom is -0.459 e. The quantitative estimate of drug-likeness (QED) is 0.182. The van der Waals surface area contributed by atoms with Gasteiger partial charge in [0.1, 0.15) is 29.1 Å². The van der Waals surface area contributed by atoms with Crippen LogP contribution in [0.2, 0.25) is 0 Å². The van der Waals surface area contributed by atoms with Crippen molar-refractivity contribution in [2.24, 2.45) is 11.8 Å². The van der Waals surface area contributed by atoms with Gasteiger partial charge in [-0.25, -0.2) is 9.59 Å². The first-order chi connectivity index (χ1) is 25.0. The van der Waals surface area contributed by atoms with Crippen molar-refractivity contribution < 1.29 is 53.1 Å². The molecule has 0 unspecified atom stereocenters. The Morgan fingerprint density at radius 1 is 0.865 bits per heavy atom. The number of ether oxygens (including phenoxy) is 5. The lowest BCUT2D eigenvalue weighted by Gasteiger charge is -2.36. The third-order valence-electron chi connectivity index (χ3n) is 10.2. The lowest BCUT2D eigenvalue weighted by Crippen LogP contribution is -2.33. The van der Waals surface area contributed by atoms with Crippen LogP contribution < -0.4 is 14.2 Å². The Balaban J connectivity index is 1.15. The van der Waals surface area contributed by atoms with Crippen molar-refractivity contribution in [2.75, 3.05) is 0 Å². The molecule has 4 aliphatic rings. The first-order valence-electron chi connectivity index (χ1n) is 17.6. The molecule has 0 bridgehead atoms. The summed E-state index contributed by atoms with van der Waals surface area (Å²) in [5, 5.41) is 20.9. The molecule has 11 nitrogen and oxygen atoms in total. The van der Waals surface area contributed by atoms with Gasteiger partial charge in [0.05, 0.1) is 17.8 Å². The number of allylic oxidation sites excluding steroid dienone is 2. The fourth-order valence-corrected chi connectivity index (χ4v) is 7.89. The first-order valence-corrected chi connectivity index (χ1v) is 17.6. The third-order valence-corrected chi connectivity index (χ3v) is 10.2. The maximum atomic E-state index is 13.7. The fraction of sp³-hybridized carbons (Fsp3) is 0.366. The number of cyclic esters (lactones) is 1. The van der Waals surface area contributed by atoms with E-state index in [9.17, 15) is 29.4 Å². The molecule has 1 spiro atoms. The van der Waals surface area contributed by atoms with E-state index in [2.05, 4.69) is 12.2 Å². The van der Waals surface area contributed by atoms with Gasteiger partial charge in [-0.15, -0.1) is 0 Å². The summed E-state index contributed by atoms with van der Waals surface area (Å²) in [6, 6.07) is 15.3.